The van der Waals surface area contributed by atoms with Crippen LogP contribution in [0.25, 0.3) is 10.2 Å². The number of hydrogen-bond acceptors (Lipinski definition) is 5. The molecule has 1 amide bonds. The number of nitrogens with one attached hydrogen (secondary N) is 1. The van der Waals surface area contributed by atoms with E-state index < -0.39 is 23.9 Å². The minimum Gasteiger partial charge on any atom is -0.444 e. The van der Waals surface area contributed by atoms with E-state index in [1.807, 2.05) is 0 Å². The van der Waals surface area contributed by atoms with E-state index in [9.17, 15) is 14.0 Å². The first-order chi connectivity index (χ1) is 12.1. The van der Waals surface area contributed by atoms with Crippen molar-refractivity contribution in [2.75, 3.05) is 0 Å². The van der Waals surface area contributed by atoms with E-state index in [-0.39, 0.29) is 17.5 Å². The Hall–Kier alpha value is -1.48. The molecule has 4 rings (SSSR count). The van der Waals surface area contributed by atoms with E-state index in [1.165, 1.54) is 11.3 Å². The third kappa shape index (κ3) is 2.94. The van der Waals surface area contributed by atoms with Gasteiger partial charge in [-0.25, -0.2) is 14.2 Å². The zero-order valence-electron chi connectivity index (χ0n) is 14.6. The van der Waals surface area contributed by atoms with Crippen LogP contribution in [0.4, 0.5) is 9.18 Å². The number of aromatic amines is 1. The average Bonchev–Trinajstić information content (AvgIpc) is 3.15. The van der Waals surface area contributed by atoms with Crippen LogP contribution in [0.2, 0.25) is 0 Å². The number of alkyl halides is 1. The van der Waals surface area contributed by atoms with Crippen LogP contribution in [0.5, 0.6) is 0 Å². The maximum Gasteiger partial charge on any atom is 0.411 e. The fourth-order valence-corrected chi connectivity index (χ4v) is 5.38. The summed E-state index contributed by atoms with van der Waals surface area (Å²) in [5.41, 5.74) is -0.382. The van der Waals surface area contributed by atoms with Gasteiger partial charge in [0.1, 0.15) is 22.3 Å². The van der Waals surface area contributed by atoms with E-state index in [0.29, 0.717) is 28.9 Å². The summed E-state index contributed by atoms with van der Waals surface area (Å²) in [7, 11) is 0. The molecule has 9 heteroatoms. The summed E-state index contributed by atoms with van der Waals surface area (Å²) in [5, 5.41) is 0. The Morgan fingerprint density at radius 2 is 2.19 bits per heavy atom. The lowest BCUT2D eigenvalue weighted by atomic mass is 9.96. The highest BCUT2D eigenvalue weighted by molar-refractivity contribution is 9.11. The van der Waals surface area contributed by atoms with Crippen LogP contribution in [0.3, 0.4) is 0 Å². The van der Waals surface area contributed by atoms with Gasteiger partial charge in [0, 0.05) is 12.0 Å². The van der Waals surface area contributed by atoms with Crippen molar-refractivity contribution < 1.29 is 13.9 Å². The van der Waals surface area contributed by atoms with Gasteiger partial charge in [0.05, 0.1) is 15.3 Å². The number of piperidine rings is 1. The van der Waals surface area contributed by atoms with Gasteiger partial charge >= 0.3 is 6.09 Å². The van der Waals surface area contributed by atoms with Crippen molar-refractivity contribution in [2.24, 2.45) is 5.92 Å². The summed E-state index contributed by atoms with van der Waals surface area (Å²) < 4.78 is 21.3. The van der Waals surface area contributed by atoms with Gasteiger partial charge < -0.3 is 9.72 Å². The molecule has 0 aromatic carbocycles. The van der Waals surface area contributed by atoms with E-state index in [1.54, 1.807) is 31.7 Å². The van der Waals surface area contributed by atoms with Gasteiger partial charge in [0.2, 0.25) is 0 Å². The molecule has 1 N–H and O–H groups in total. The number of fused-ring (bicyclic) bond motifs is 3. The molecule has 1 saturated heterocycles. The number of carbonyl (C=O) groups excluding carboxylic acids is 1. The first-order valence-electron chi connectivity index (χ1n) is 8.48. The Morgan fingerprint density at radius 1 is 1.46 bits per heavy atom. The highest BCUT2D eigenvalue weighted by atomic mass is 79.9. The Bertz CT molecular complexity index is 937. The molecule has 2 aliphatic rings. The van der Waals surface area contributed by atoms with Crippen molar-refractivity contribution in [3.8, 4) is 0 Å². The molecule has 26 heavy (non-hydrogen) atoms. The lowest BCUT2D eigenvalue weighted by Gasteiger charge is -2.36. The molecule has 2 aromatic heterocycles. The molecular weight excluding hydrogens is 425 g/mol. The third-order valence-electron chi connectivity index (χ3n) is 4.86. The molecule has 3 heterocycles. The lowest BCUT2D eigenvalue weighted by Crippen LogP contribution is -2.46. The van der Waals surface area contributed by atoms with Gasteiger partial charge in [-0.05, 0) is 55.6 Å². The minimum absolute atomic E-state index is 0.231. The molecule has 2 bridgehead atoms. The predicted molar refractivity (Wildman–Crippen MR) is 100 cm³/mol. The van der Waals surface area contributed by atoms with Gasteiger partial charge in [-0.3, -0.25) is 9.69 Å². The van der Waals surface area contributed by atoms with E-state index in [4.69, 9.17) is 4.74 Å². The van der Waals surface area contributed by atoms with Crippen molar-refractivity contribution in [1.29, 1.82) is 0 Å². The zero-order chi connectivity index (χ0) is 18.8. The second-order valence-electron chi connectivity index (χ2n) is 7.85. The second-order valence-corrected chi connectivity index (χ2v) is 10.3. The monoisotopic (exact) mass is 443 g/mol. The molecule has 140 valence electrons. The smallest absolute Gasteiger partial charge is 0.411 e. The van der Waals surface area contributed by atoms with Gasteiger partial charge in [-0.1, -0.05) is 0 Å². The fraction of sp³-hybridized carbons (Fsp3) is 0.588. The molecule has 0 spiro atoms. The largest absolute Gasteiger partial charge is 0.444 e. The summed E-state index contributed by atoms with van der Waals surface area (Å²) in [6, 6.07) is 0.913. The number of ether oxygens (including phenoxy) is 1. The van der Waals surface area contributed by atoms with Crippen LogP contribution < -0.4 is 5.56 Å². The molecular formula is C17H19BrFN3O3S. The molecule has 2 fully saturated rings. The standard InChI is InChI=1S/C17H19BrFN3O3S/c1-17(2,3)25-16(24)22-7-4-8(9(19)5-7)12(22)14-20-10-6-11(18)26-13(10)15(23)21-14/h6-9,12H,4-5H2,1-3H3,(H,20,21,23)/t7-,8+,9+,12-/m0/s1. The van der Waals surface area contributed by atoms with Crippen LogP contribution in [0, 0.1) is 5.92 Å². The number of thiophene rings is 1. The lowest BCUT2D eigenvalue weighted by molar-refractivity contribution is -0.00213. The summed E-state index contributed by atoms with van der Waals surface area (Å²) in [4.78, 5) is 34.0. The molecule has 6 nitrogen and oxygen atoms in total. The zero-order valence-corrected chi connectivity index (χ0v) is 17.0. The number of halogens is 2. The van der Waals surface area contributed by atoms with Crippen LogP contribution in [-0.4, -0.2) is 38.8 Å². The highest BCUT2D eigenvalue weighted by Crippen LogP contribution is 2.51. The topological polar surface area (TPSA) is 75.3 Å². The van der Waals surface area contributed by atoms with Gasteiger partial charge in [0.25, 0.3) is 5.56 Å². The van der Waals surface area contributed by atoms with Gasteiger partial charge in [-0.2, -0.15) is 0 Å². The molecule has 1 aliphatic carbocycles. The Kier molecular flexibility index (Phi) is 4.15. The van der Waals surface area contributed by atoms with Crippen molar-refractivity contribution >= 4 is 43.6 Å². The molecule has 4 atom stereocenters. The van der Waals surface area contributed by atoms with Crippen LogP contribution in [-0.2, 0) is 4.74 Å². The molecule has 1 saturated carbocycles. The Morgan fingerprint density at radius 3 is 2.88 bits per heavy atom. The number of amides is 1. The summed E-state index contributed by atoms with van der Waals surface area (Å²) >= 11 is 4.65. The van der Waals surface area contributed by atoms with Crippen molar-refractivity contribution in [3.05, 3.63) is 26.0 Å². The predicted octanol–water partition coefficient (Wildman–Crippen LogP) is 4.16. The number of nitrogens with zero attached hydrogens (tertiary/aromatic N) is 2. The number of likely N-dealkylation sites (tertiary alicyclic amines) is 1. The van der Waals surface area contributed by atoms with Crippen LogP contribution in [0.15, 0.2) is 14.6 Å². The highest BCUT2D eigenvalue weighted by Gasteiger charge is 2.56. The SMILES string of the molecule is CC(C)(C)OC(=O)N1[C@H]2C[C@H]([C@H](F)C2)[C@H]1c1nc2cc(Br)sc2c(=O)[nH]1. The number of rotatable bonds is 1. The Labute approximate surface area is 161 Å². The third-order valence-corrected chi connectivity index (χ3v) is 6.49. The minimum atomic E-state index is -1.01. The fourth-order valence-electron chi connectivity index (χ4n) is 3.96. The maximum atomic E-state index is 14.4. The summed E-state index contributed by atoms with van der Waals surface area (Å²) in [6.45, 7) is 5.38. The molecule has 0 unspecified atom stereocenters. The maximum absolute atomic E-state index is 14.4. The van der Waals surface area contributed by atoms with Crippen LogP contribution >= 0.6 is 27.3 Å². The number of H-pyrrole nitrogens is 1. The average molecular weight is 444 g/mol. The van der Waals surface area contributed by atoms with Gasteiger partial charge in [0.15, 0.2) is 0 Å². The normalized spacial score (nSPS) is 28.1. The van der Waals surface area contributed by atoms with Crippen molar-refractivity contribution in [2.45, 2.75) is 57.5 Å². The van der Waals surface area contributed by atoms with Crippen molar-refractivity contribution in [3.63, 3.8) is 0 Å². The first-order valence-corrected chi connectivity index (χ1v) is 10.1. The van der Waals surface area contributed by atoms with E-state index >= 15 is 0 Å². The summed E-state index contributed by atoms with van der Waals surface area (Å²) in [6.07, 6.45) is -0.646. The number of carbonyl (C=O) groups is 1. The molecule has 0 radical (unpaired) electrons. The Balaban J connectivity index is 1.77. The number of aromatic nitrogens is 2. The van der Waals surface area contributed by atoms with Gasteiger partial charge in [-0.15, -0.1) is 11.3 Å². The summed E-state index contributed by atoms with van der Waals surface area (Å²) in [5.74, 6) is -0.0521. The van der Waals surface area contributed by atoms with E-state index in [0.717, 1.165) is 3.79 Å². The second kappa shape index (κ2) is 6.02. The molecule has 1 aliphatic heterocycles. The van der Waals surface area contributed by atoms with Crippen molar-refractivity contribution in [1.82, 2.24) is 14.9 Å². The number of hydrogen-bond donors (Lipinski definition) is 1. The first kappa shape index (κ1) is 17.9. The molecule has 2 aromatic rings. The quantitative estimate of drug-likeness (QED) is 0.717. The van der Waals surface area contributed by atoms with E-state index in [2.05, 4.69) is 25.9 Å². The van der Waals surface area contributed by atoms with Crippen LogP contribution in [0.1, 0.15) is 45.5 Å².